The second-order valence-corrected chi connectivity index (χ2v) is 12.5. The van der Waals surface area contributed by atoms with Gasteiger partial charge in [0.15, 0.2) is 0 Å². The predicted octanol–water partition coefficient (Wildman–Crippen LogP) is 8.16. The van der Waals surface area contributed by atoms with Crippen LogP contribution in [0.1, 0.15) is 91.2 Å². The first-order chi connectivity index (χ1) is 22.5. The number of carbonyl (C=O) groups excluding carboxylic acids is 2. The van der Waals surface area contributed by atoms with Gasteiger partial charge < -0.3 is 28.4 Å². The average Bonchev–Trinajstić information content (AvgIpc) is 3.06. The predicted molar refractivity (Wildman–Crippen MR) is 186 cm³/mol. The van der Waals surface area contributed by atoms with Crippen LogP contribution in [0.5, 0.6) is 11.5 Å². The van der Waals surface area contributed by atoms with Gasteiger partial charge in [-0.1, -0.05) is 90.8 Å². The van der Waals surface area contributed by atoms with Crippen molar-refractivity contribution in [1.29, 1.82) is 0 Å². The Morgan fingerprint density at radius 3 is 1.30 bits per heavy atom. The Morgan fingerprint density at radius 2 is 0.979 bits per heavy atom. The molecule has 0 aliphatic heterocycles. The molecule has 260 valence electrons. The summed E-state index contributed by atoms with van der Waals surface area (Å²) in [5, 5.41) is 0. The number of esters is 2. The van der Waals surface area contributed by atoms with Gasteiger partial charge in [-0.05, 0) is 62.1 Å². The van der Waals surface area contributed by atoms with Crippen LogP contribution < -0.4 is 9.47 Å². The number of hydrogen-bond acceptors (Lipinski definition) is 8. The van der Waals surface area contributed by atoms with Crippen molar-refractivity contribution >= 4 is 11.9 Å². The number of hydrogen-bond donors (Lipinski definition) is 0. The highest BCUT2D eigenvalue weighted by atomic mass is 16.6. The molecule has 0 saturated carbocycles. The first kappa shape index (κ1) is 39.6. The van der Waals surface area contributed by atoms with E-state index in [1.807, 2.05) is 24.3 Å². The van der Waals surface area contributed by atoms with E-state index in [0.717, 1.165) is 49.7 Å². The summed E-state index contributed by atoms with van der Waals surface area (Å²) < 4.78 is 34.6. The molecule has 2 unspecified atom stereocenters. The SMILES string of the molecule is C=C(C)C(=O)OCC(COc1ccc(C(C)(C)c2ccc(OCC(COC(=O)C(=C)C)OCCCCC)cc2)cc1)OCCCCC. The summed E-state index contributed by atoms with van der Waals surface area (Å²) >= 11 is 0. The van der Waals surface area contributed by atoms with Crippen LogP contribution in [0.4, 0.5) is 0 Å². The molecular formula is C39H56O8. The summed E-state index contributed by atoms with van der Waals surface area (Å²) in [6.45, 7) is 21.1. The van der Waals surface area contributed by atoms with Gasteiger partial charge in [-0.15, -0.1) is 0 Å². The molecular weight excluding hydrogens is 596 g/mol. The summed E-state index contributed by atoms with van der Waals surface area (Å²) in [5.74, 6) is 0.552. The van der Waals surface area contributed by atoms with Gasteiger partial charge in [-0.3, -0.25) is 0 Å². The lowest BCUT2D eigenvalue weighted by molar-refractivity contribution is -0.144. The van der Waals surface area contributed by atoms with Crippen LogP contribution in [-0.2, 0) is 34.0 Å². The van der Waals surface area contributed by atoms with Gasteiger partial charge in [0.1, 0.15) is 50.1 Å². The van der Waals surface area contributed by atoms with E-state index in [9.17, 15) is 9.59 Å². The highest BCUT2D eigenvalue weighted by Crippen LogP contribution is 2.33. The number of unbranched alkanes of at least 4 members (excludes halogenated alkanes) is 4. The first-order valence-corrected chi connectivity index (χ1v) is 16.8. The minimum absolute atomic E-state index is 0.109. The summed E-state index contributed by atoms with van der Waals surface area (Å²) in [5.41, 5.74) is 2.68. The Bertz CT molecular complexity index is 1140. The summed E-state index contributed by atoms with van der Waals surface area (Å²) in [6.07, 6.45) is 5.49. The molecule has 8 nitrogen and oxygen atoms in total. The van der Waals surface area contributed by atoms with Crippen LogP contribution >= 0.6 is 0 Å². The fraction of sp³-hybridized carbons (Fsp3) is 0.538. The van der Waals surface area contributed by atoms with Crippen LogP contribution in [0.3, 0.4) is 0 Å². The normalized spacial score (nSPS) is 12.6. The van der Waals surface area contributed by atoms with Crippen molar-refractivity contribution in [1.82, 2.24) is 0 Å². The van der Waals surface area contributed by atoms with E-state index in [1.54, 1.807) is 13.8 Å². The molecule has 0 aliphatic carbocycles. The fourth-order valence-electron chi connectivity index (χ4n) is 4.56. The largest absolute Gasteiger partial charge is 0.491 e. The molecule has 47 heavy (non-hydrogen) atoms. The van der Waals surface area contributed by atoms with E-state index in [-0.39, 0.29) is 44.1 Å². The molecule has 0 fully saturated rings. The number of rotatable bonds is 24. The maximum Gasteiger partial charge on any atom is 0.333 e. The van der Waals surface area contributed by atoms with Gasteiger partial charge in [0.2, 0.25) is 0 Å². The van der Waals surface area contributed by atoms with Crippen LogP contribution in [0, 0.1) is 0 Å². The first-order valence-electron chi connectivity index (χ1n) is 16.8. The molecule has 0 heterocycles. The molecule has 0 aliphatic rings. The molecule has 0 saturated heterocycles. The minimum Gasteiger partial charge on any atom is -0.491 e. The Labute approximate surface area is 282 Å². The number of benzene rings is 2. The third-order valence-electron chi connectivity index (χ3n) is 7.72. The molecule has 2 rings (SSSR count). The topological polar surface area (TPSA) is 89.5 Å². The molecule has 2 aromatic carbocycles. The number of ether oxygens (including phenoxy) is 6. The van der Waals surface area contributed by atoms with Crippen LogP contribution in [0.15, 0.2) is 72.8 Å². The maximum absolute atomic E-state index is 11.9. The molecule has 0 spiro atoms. The molecule has 2 atom stereocenters. The zero-order chi connectivity index (χ0) is 34.7. The molecule has 0 radical (unpaired) electrons. The Morgan fingerprint density at radius 1 is 0.617 bits per heavy atom. The van der Waals surface area contributed by atoms with Crippen LogP contribution in [0.25, 0.3) is 0 Å². The molecule has 0 aromatic heterocycles. The van der Waals surface area contributed by atoms with E-state index >= 15 is 0 Å². The number of carbonyl (C=O) groups is 2. The smallest absolute Gasteiger partial charge is 0.333 e. The van der Waals surface area contributed by atoms with Gasteiger partial charge in [0.05, 0.1) is 0 Å². The van der Waals surface area contributed by atoms with Crippen molar-refractivity contribution in [3.8, 4) is 11.5 Å². The van der Waals surface area contributed by atoms with Crippen LogP contribution in [-0.4, -0.2) is 63.8 Å². The summed E-state index contributed by atoms with van der Waals surface area (Å²) in [6, 6.07) is 16.0. The maximum atomic E-state index is 11.9. The van der Waals surface area contributed by atoms with E-state index in [0.29, 0.717) is 35.9 Å². The van der Waals surface area contributed by atoms with E-state index in [4.69, 9.17) is 28.4 Å². The lowest BCUT2D eigenvalue weighted by Crippen LogP contribution is -2.29. The van der Waals surface area contributed by atoms with E-state index in [2.05, 4.69) is 65.1 Å². The van der Waals surface area contributed by atoms with Crippen molar-refractivity contribution < 1.29 is 38.0 Å². The second-order valence-electron chi connectivity index (χ2n) is 12.5. The summed E-state index contributed by atoms with van der Waals surface area (Å²) in [7, 11) is 0. The van der Waals surface area contributed by atoms with Crippen molar-refractivity contribution in [2.24, 2.45) is 0 Å². The van der Waals surface area contributed by atoms with Crippen molar-refractivity contribution in [3.05, 3.63) is 84.0 Å². The highest BCUT2D eigenvalue weighted by Gasteiger charge is 2.24. The molecule has 2 aromatic rings. The quantitative estimate of drug-likeness (QED) is 0.0638. The Kier molecular flexibility index (Phi) is 17.9. The third kappa shape index (κ3) is 14.8. The molecule has 0 bridgehead atoms. The molecule has 8 heteroatoms. The molecule has 0 amide bonds. The lowest BCUT2D eigenvalue weighted by Gasteiger charge is -2.27. The van der Waals surface area contributed by atoms with Crippen molar-refractivity contribution in [2.75, 3.05) is 39.6 Å². The van der Waals surface area contributed by atoms with E-state index < -0.39 is 11.9 Å². The van der Waals surface area contributed by atoms with Crippen LogP contribution in [0.2, 0.25) is 0 Å². The standard InChI is InChI=1S/C39H56O8/c1-9-11-13-23-42-35(27-46-37(40)29(3)4)25-44-33-19-15-31(16-20-33)39(7,8)32-17-21-34(22-18-32)45-26-36(43-24-14-12-10-2)28-47-38(41)30(5)6/h15-22,35-36H,3,5,9-14,23-28H2,1-2,4,6-8H3. The summed E-state index contributed by atoms with van der Waals surface area (Å²) in [4.78, 5) is 23.8. The highest BCUT2D eigenvalue weighted by molar-refractivity contribution is 5.87. The lowest BCUT2D eigenvalue weighted by atomic mass is 9.78. The zero-order valence-electron chi connectivity index (χ0n) is 29.4. The average molecular weight is 653 g/mol. The zero-order valence-corrected chi connectivity index (χ0v) is 29.4. The fourth-order valence-corrected chi connectivity index (χ4v) is 4.56. The third-order valence-corrected chi connectivity index (χ3v) is 7.72. The molecule has 0 N–H and O–H groups in total. The second kappa shape index (κ2) is 21.3. The minimum atomic E-state index is -0.434. The van der Waals surface area contributed by atoms with Gasteiger partial charge in [0, 0.05) is 29.8 Å². The van der Waals surface area contributed by atoms with Gasteiger partial charge >= 0.3 is 11.9 Å². The van der Waals surface area contributed by atoms with Crippen molar-refractivity contribution in [2.45, 2.75) is 97.7 Å². The Hall–Kier alpha value is -3.62. The van der Waals surface area contributed by atoms with Gasteiger partial charge in [-0.2, -0.15) is 0 Å². The van der Waals surface area contributed by atoms with Gasteiger partial charge in [-0.25, -0.2) is 9.59 Å². The van der Waals surface area contributed by atoms with E-state index in [1.165, 1.54) is 0 Å². The van der Waals surface area contributed by atoms with Crippen molar-refractivity contribution in [3.63, 3.8) is 0 Å². The monoisotopic (exact) mass is 652 g/mol. The Balaban J connectivity index is 1.98. The van der Waals surface area contributed by atoms with Gasteiger partial charge in [0.25, 0.3) is 0 Å².